The first-order valence-corrected chi connectivity index (χ1v) is 8.58. The number of hydrogen-bond donors (Lipinski definition) is 1. The topological polar surface area (TPSA) is 59.9 Å². The Hall–Kier alpha value is -2.82. The normalized spacial score (nSPS) is 16.4. The zero-order chi connectivity index (χ0) is 17.5. The van der Waals surface area contributed by atoms with Crippen LogP contribution in [0.3, 0.4) is 0 Å². The van der Waals surface area contributed by atoms with E-state index in [2.05, 4.69) is 17.5 Å². The summed E-state index contributed by atoms with van der Waals surface area (Å²) in [5.41, 5.74) is 4.52. The smallest absolute Gasteiger partial charge is 0.284 e. The van der Waals surface area contributed by atoms with Gasteiger partial charge in [-0.15, -0.1) is 0 Å². The van der Waals surface area contributed by atoms with Crippen LogP contribution in [0.5, 0.6) is 11.5 Å². The first-order valence-electron chi connectivity index (χ1n) is 8.58. The van der Waals surface area contributed by atoms with Crippen molar-refractivity contribution in [1.29, 1.82) is 0 Å². The maximum absolute atomic E-state index is 12.4. The molecule has 1 amide bonds. The molecule has 1 aliphatic heterocycles. The van der Waals surface area contributed by atoms with E-state index in [1.807, 2.05) is 48.5 Å². The fourth-order valence-electron chi connectivity index (χ4n) is 2.58. The van der Waals surface area contributed by atoms with Crippen molar-refractivity contribution < 1.29 is 14.3 Å². The van der Waals surface area contributed by atoms with Gasteiger partial charge in [-0.05, 0) is 30.5 Å². The first-order chi connectivity index (χ1) is 12.3. The van der Waals surface area contributed by atoms with Crippen molar-refractivity contribution in [3.8, 4) is 11.5 Å². The lowest BCUT2D eigenvalue weighted by molar-refractivity contribution is -0.130. The van der Waals surface area contributed by atoms with Crippen molar-refractivity contribution in [2.45, 2.75) is 32.3 Å². The number of hydrazone groups is 1. The largest absolute Gasteiger partial charge is 0.485 e. The first kappa shape index (κ1) is 17.0. The fourth-order valence-corrected chi connectivity index (χ4v) is 2.58. The van der Waals surface area contributed by atoms with E-state index in [9.17, 15) is 4.79 Å². The van der Waals surface area contributed by atoms with Gasteiger partial charge in [0.1, 0.15) is 6.61 Å². The van der Waals surface area contributed by atoms with Gasteiger partial charge in [0.2, 0.25) is 6.10 Å². The molecule has 0 saturated carbocycles. The molecule has 25 heavy (non-hydrogen) atoms. The summed E-state index contributed by atoms with van der Waals surface area (Å²) in [4.78, 5) is 12.4. The van der Waals surface area contributed by atoms with Crippen molar-refractivity contribution in [2.75, 3.05) is 6.61 Å². The van der Waals surface area contributed by atoms with E-state index in [-0.39, 0.29) is 12.5 Å². The molecule has 2 aromatic rings. The number of para-hydroxylation sites is 2. The van der Waals surface area contributed by atoms with Crippen LogP contribution in [0.15, 0.2) is 59.7 Å². The Balaban J connectivity index is 1.67. The summed E-state index contributed by atoms with van der Waals surface area (Å²) >= 11 is 0. The highest BCUT2D eigenvalue weighted by Crippen LogP contribution is 2.30. The fraction of sp³-hybridized carbons (Fsp3) is 0.300. The third-order valence-electron chi connectivity index (χ3n) is 3.98. The van der Waals surface area contributed by atoms with E-state index in [4.69, 9.17) is 9.47 Å². The Morgan fingerprint density at radius 3 is 2.60 bits per heavy atom. The standard InChI is InChI=1S/C20H22N2O3/c1-2-3-11-16(15-9-5-4-6-10-15)21-22-20(23)19-14-24-17-12-7-8-13-18(17)25-19/h4-10,12-13,19H,2-3,11,14H2,1H3,(H,22,23)/t19-/m1/s1. The summed E-state index contributed by atoms with van der Waals surface area (Å²) < 4.78 is 11.3. The van der Waals surface area contributed by atoms with Gasteiger partial charge in [-0.25, -0.2) is 5.43 Å². The molecule has 0 spiro atoms. The Morgan fingerprint density at radius 1 is 1.12 bits per heavy atom. The lowest BCUT2D eigenvalue weighted by atomic mass is 10.1. The lowest BCUT2D eigenvalue weighted by Gasteiger charge is -2.24. The third-order valence-corrected chi connectivity index (χ3v) is 3.98. The van der Waals surface area contributed by atoms with Crippen molar-refractivity contribution >= 4 is 11.6 Å². The predicted octanol–water partition coefficient (Wildman–Crippen LogP) is 3.54. The summed E-state index contributed by atoms with van der Waals surface area (Å²) in [6.07, 6.45) is 2.18. The van der Waals surface area contributed by atoms with Crippen LogP contribution in [0.4, 0.5) is 0 Å². The molecule has 0 fully saturated rings. The van der Waals surface area contributed by atoms with Crippen LogP contribution >= 0.6 is 0 Å². The molecule has 130 valence electrons. The van der Waals surface area contributed by atoms with E-state index in [1.54, 1.807) is 6.07 Å². The van der Waals surface area contributed by atoms with Crippen LogP contribution in [0, 0.1) is 0 Å². The molecule has 0 bridgehead atoms. The number of amides is 1. The maximum Gasteiger partial charge on any atom is 0.284 e. The van der Waals surface area contributed by atoms with Gasteiger partial charge in [0, 0.05) is 0 Å². The molecule has 1 heterocycles. The van der Waals surface area contributed by atoms with Crippen LogP contribution < -0.4 is 14.9 Å². The minimum Gasteiger partial charge on any atom is -0.485 e. The van der Waals surface area contributed by atoms with E-state index in [0.717, 1.165) is 30.5 Å². The summed E-state index contributed by atoms with van der Waals surface area (Å²) in [6, 6.07) is 17.2. The van der Waals surface area contributed by atoms with Gasteiger partial charge in [0.15, 0.2) is 11.5 Å². The van der Waals surface area contributed by atoms with Gasteiger partial charge >= 0.3 is 0 Å². The van der Waals surface area contributed by atoms with Crippen LogP contribution in [0.1, 0.15) is 31.7 Å². The highest BCUT2D eigenvalue weighted by molar-refractivity contribution is 6.01. The zero-order valence-electron chi connectivity index (χ0n) is 14.3. The Morgan fingerprint density at radius 2 is 1.84 bits per heavy atom. The van der Waals surface area contributed by atoms with Crippen molar-refractivity contribution in [3.05, 3.63) is 60.2 Å². The molecular formula is C20H22N2O3. The average Bonchev–Trinajstić information content (AvgIpc) is 2.68. The Bertz CT molecular complexity index is 744. The SMILES string of the molecule is CCCCC(=NNC(=O)[C@H]1COc2ccccc2O1)c1ccccc1. The van der Waals surface area contributed by atoms with E-state index < -0.39 is 6.10 Å². The summed E-state index contributed by atoms with van der Waals surface area (Å²) in [5.74, 6) is 0.926. The van der Waals surface area contributed by atoms with Crippen LogP contribution in [0.2, 0.25) is 0 Å². The van der Waals surface area contributed by atoms with Crippen molar-refractivity contribution in [2.24, 2.45) is 5.10 Å². The predicted molar refractivity (Wildman–Crippen MR) is 97.0 cm³/mol. The van der Waals surface area contributed by atoms with Crippen LogP contribution in [-0.2, 0) is 4.79 Å². The molecule has 0 unspecified atom stereocenters. The molecule has 0 aromatic heterocycles. The number of ether oxygens (including phenoxy) is 2. The zero-order valence-corrected chi connectivity index (χ0v) is 14.3. The number of nitrogens with one attached hydrogen (secondary N) is 1. The molecule has 0 radical (unpaired) electrons. The van der Waals surface area contributed by atoms with E-state index >= 15 is 0 Å². The quantitative estimate of drug-likeness (QED) is 0.647. The second-order valence-corrected chi connectivity index (χ2v) is 5.87. The van der Waals surface area contributed by atoms with Crippen molar-refractivity contribution in [1.82, 2.24) is 5.43 Å². The van der Waals surface area contributed by atoms with Gasteiger partial charge in [-0.1, -0.05) is 55.8 Å². The number of fused-ring (bicyclic) bond motifs is 1. The lowest BCUT2D eigenvalue weighted by Crippen LogP contribution is -2.42. The Kier molecular flexibility index (Phi) is 5.67. The highest BCUT2D eigenvalue weighted by atomic mass is 16.6. The Labute approximate surface area is 147 Å². The summed E-state index contributed by atoms with van der Waals surface area (Å²) in [7, 11) is 0. The molecule has 0 saturated heterocycles. The molecule has 3 rings (SSSR count). The molecule has 5 nitrogen and oxygen atoms in total. The van der Waals surface area contributed by atoms with Gasteiger partial charge in [0.05, 0.1) is 5.71 Å². The second kappa shape index (κ2) is 8.33. The molecule has 5 heteroatoms. The minimum atomic E-state index is -0.707. The van der Waals surface area contributed by atoms with Crippen LogP contribution in [-0.4, -0.2) is 24.3 Å². The molecule has 1 N–H and O–H groups in total. The summed E-state index contributed by atoms with van der Waals surface area (Å²) in [6.45, 7) is 2.31. The van der Waals surface area contributed by atoms with E-state index in [1.165, 1.54) is 0 Å². The average molecular weight is 338 g/mol. The van der Waals surface area contributed by atoms with Gasteiger partial charge < -0.3 is 9.47 Å². The van der Waals surface area contributed by atoms with E-state index in [0.29, 0.717) is 11.5 Å². The third kappa shape index (κ3) is 4.38. The molecular weight excluding hydrogens is 316 g/mol. The van der Waals surface area contributed by atoms with Crippen molar-refractivity contribution in [3.63, 3.8) is 0 Å². The monoisotopic (exact) mass is 338 g/mol. The van der Waals surface area contributed by atoms with Gasteiger partial charge in [-0.3, -0.25) is 4.79 Å². The number of carbonyl (C=O) groups is 1. The minimum absolute atomic E-state index is 0.175. The number of benzene rings is 2. The number of carbonyl (C=O) groups excluding carboxylic acids is 1. The summed E-state index contributed by atoms with van der Waals surface area (Å²) in [5, 5.41) is 4.34. The molecule has 0 aliphatic carbocycles. The highest BCUT2D eigenvalue weighted by Gasteiger charge is 2.27. The second-order valence-electron chi connectivity index (χ2n) is 5.87. The molecule has 1 atom stereocenters. The molecule has 2 aromatic carbocycles. The maximum atomic E-state index is 12.4. The number of rotatable bonds is 6. The number of hydrogen-bond acceptors (Lipinski definition) is 4. The van der Waals surface area contributed by atoms with Gasteiger partial charge in [0.25, 0.3) is 5.91 Å². The molecule has 1 aliphatic rings. The van der Waals surface area contributed by atoms with Gasteiger partial charge in [-0.2, -0.15) is 5.10 Å². The number of unbranched alkanes of at least 4 members (excludes halogenated alkanes) is 1. The van der Waals surface area contributed by atoms with Crippen LogP contribution in [0.25, 0.3) is 0 Å². The number of nitrogens with zero attached hydrogens (tertiary/aromatic N) is 1.